The van der Waals surface area contributed by atoms with E-state index in [9.17, 15) is 25.9 Å². The van der Waals surface area contributed by atoms with Crippen LogP contribution in [0.3, 0.4) is 0 Å². The molecular weight excluding hydrogens is 592 g/mol. The molecule has 0 saturated heterocycles. The van der Waals surface area contributed by atoms with E-state index in [2.05, 4.69) is 41.5 Å². The maximum Gasteiger partial charge on any atom is 0.374 e. The fourth-order valence-corrected chi connectivity index (χ4v) is 5.79. The third kappa shape index (κ3) is 7.56. The highest BCUT2D eigenvalue weighted by Crippen LogP contribution is 2.42. The number of anilines is 1. The van der Waals surface area contributed by atoms with E-state index in [1.165, 1.54) is 21.6 Å². The standard InChI is InChI=1S/C31H38N2O8S2/c1-7-30(3,4)22-14-16-26-24(18-22)32(20-42(34,35)36)28(40-26)12-10-9-11-13-29-33(21-43(37,38)39)25-19-23(31(5,6)8-2)15-17-27(25)41-29/h9-19H,7-8,20-21H2,1-6H3,(H-,34,35,36,37,38,39)/p-1. The largest absolute Gasteiger partial charge is 0.747 e. The van der Waals surface area contributed by atoms with Gasteiger partial charge in [-0.05, 0) is 59.1 Å². The van der Waals surface area contributed by atoms with Crippen molar-refractivity contribution in [1.82, 2.24) is 0 Å². The summed E-state index contributed by atoms with van der Waals surface area (Å²) < 4.78 is 83.4. The third-order valence-electron chi connectivity index (χ3n) is 8.07. The van der Waals surface area contributed by atoms with Gasteiger partial charge in [0.15, 0.2) is 15.9 Å². The average molecular weight is 630 g/mol. The molecule has 1 aromatic heterocycles. The second-order valence-electron chi connectivity index (χ2n) is 11.9. The molecule has 2 aromatic carbocycles. The molecule has 0 unspecified atom stereocenters. The van der Waals surface area contributed by atoms with E-state index in [4.69, 9.17) is 9.15 Å². The van der Waals surface area contributed by atoms with E-state index in [1.807, 2.05) is 24.3 Å². The molecule has 0 radical (unpaired) electrons. The first-order valence-electron chi connectivity index (χ1n) is 13.9. The third-order valence-corrected chi connectivity index (χ3v) is 9.21. The molecule has 1 aliphatic heterocycles. The van der Waals surface area contributed by atoms with Crippen molar-refractivity contribution in [2.75, 3.05) is 10.8 Å². The zero-order valence-corrected chi connectivity index (χ0v) is 26.8. The Hall–Kier alpha value is -3.45. The summed E-state index contributed by atoms with van der Waals surface area (Å²) in [7, 11) is -9.26. The Morgan fingerprint density at radius 2 is 1.49 bits per heavy atom. The Morgan fingerprint density at radius 1 is 0.860 bits per heavy atom. The van der Waals surface area contributed by atoms with Gasteiger partial charge in [0, 0.05) is 6.07 Å². The number of rotatable bonds is 11. The van der Waals surface area contributed by atoms with Crippen LogP contribution in [0.1, 0.15) is 71.4 Å². The van der Waals surface area contributed by atoms with Gasteiger partial charge in [-0.1, -0.05) is 71.9 Å². The van der Waals surface area contributed by atoms with Gasteiger partial charge in [-0.3, -0.25) is 4.90 Å². The molecule has 0 saturated carbocycles. The first-order chi connectivity index (χ1) is 19.9. The molecule has 0 amide bonds. The normalized spacial score (nSPS) is 15.7. The number of hydrogen-bond acceptors (Lipinski definition) is 9. The Balaban J connectivity index is 1.65. The van der Waals surface area contributed by atoms with Gasteiger partial charge in [-0.2, -0.15) is 0 Å². The lowest BCUT2D eigenvalue weighted by atomic mass is 9.82. The topological polar surface area (TPSA) is 144 Å². The summed E-state index contributed by atoms with van der Waals surface area (Å²) in [6, 6.07) is 11.0. The first kappa shape index (κ1) is 32.5. The minimum absolute atomic E-state index is 0.160. The fraction of sp³-hybridized carbons (Fsp3) is 0.387. The van der Waals surface area contributed by atoms with Crippen LogP contribution in [0.25, 0.3) is 17.2 Å². The van der Waals surface area contributed by atoms with Crippen molar-refractivity contribution in [2.24, 2.45) is 0 Å². The van der Waals surface area contributed by atoms with E-state index in [-0.39, 0.29) is 22.6 Å². The van der Waals surface area contributed by atoms with E-state index in [0.717, 1.165) is 24.0 Å². The lowest BCUT2D eigenvalue weighted by molar-refractivity contribution is -0.658. The van der Waals surface area contributed by atoms with Crippen molar-refractivity contribution < 1.29 is 39.7 Å². The van der Waals surface area contributed by atoms with Gasteiger partial charge in [-0.25, -0.2) is 16.8 Å². The lowest BCUT2D eigenvalue weighted by Gasteiger charge is -2.25. The molecule has 0 fully saturated rings. The van der Waals surface area contributed by atoms with Crippen LogP contribution < -0.4 is 14.2 Å². The van der Waals surface area contributed by atoms with Gasteiger partial charge in [0.2, 0.25) is 17.3 Å². The number of hydrogen-bond donors (Lipinski definition) is 0. The van der Waals surface area contributed by atoms with E-state index in [0.29, 0.717) is 22.5 Å². The smallest absolute Gasteiger partial charge is 0.374 e. The summed E-state index contributed by atoms with van der Waals surface area (Å²) in [4.78, 5) is 1.32. The molecule has 0 spiro atoms. The highest BCUT2D eigenvalue weighted by atomic mass is 32.2. The number of ether oxygens (including phenoxy) is 1. The van der Waals surface area contributed by atoms with Gasteiger partial charge < -0.3 is 18.3 Å². The number of nitrogens with zero attached hydrogens (tertiary/aromatic N) is 2. The predicted octanol–water partition coefficient (Wildman–Crippen LogP) is 5.41. The van der Waals surface area contributed by atoms with E-state index < -0.39 is 32.0 Å². The van der Waals surface area contributed by atoms with Gasteiger partial charge in [0.1, 0.15) is 16.0 Å². The Bertz CT molecular complexity index is 1830. The van der Waals surface area contributed by atoms with Crippen LogP contribution in [0.2, 0.25) is 0 Å². The van der Waals surface area contributed by atoms with Crippen LogP contribution in [0.15, 0.2) is 71.0 Å². The van der Waals surface area contributed by atoms with Crippen molar-refractivity contribution in [1.29, 1.82) is 0 Å². The molecule has 0 N–H and O–H groups in total. The van der Waals surface area contributed by atoms with Crippen molar-refractivity contribution in [3.8, 4) is 5.75 Å². The van der Waals surface area contributed by atoms with Crippen LogP contribution in [0.4, 0.5) is 5.69 Å². The maximum absolute atomic E-state index is 11.7. The Kier molecular flexibility index (Phi) is 8.99. The predicted molar refractivity (Wildman–Crippen MR) is 163 cm³/mol. The summed E-state index contributed by atoms with van der Waals surface area (Å²) >= 11 is 0. The highest BCUT2D eigenvalue weighted by molar-refractivity contribution is 7.85. The number of aromatic nitrogens is 1. The summed E-state index contributed by atoms with van der Waals surface area (Å²) in [5, 5.41) is 0. The molecule has 232 valence electrons. The molecule has 3 aromatic rings. The molecular formula is C31H37N2O8S2-. The Morgan fingerprint density at radius 3 is 2.09 bits per heavy atom. The van der Waals surface area contributed by atoms with Gasteiger partial charge >= 0.3 is 5.89 Å². The van der Waals surface area contributed by atoms with Crippen molar-refractivity contribution in [3.63, 3.8) is 0 Å². The van der Waals surface area contributed by atoms with Gasteiger partial charge in [-0.15, -0.1) is 4.57 Å². The zero-order valence-electron chi connectivity index (χ0n) is 25.2. The van der Waals surface area contributed by atoms with Crippen molar-refractivity contribution in [2.45, 2.75) is 71.1 Å². The molecule has 1 aliphatic rings. The molecule has 10 nitrogen and oxygen atoms in total. The van der Waals surface area contributed by atoms with Crippen LogP contribution in [-0.4, -0.2) is 31.8 Å². The van der Waals surface area contributed by atoms with Gasteiger partial charge in [0.05, 0.1) is 11.8 Å². The number of benzene rings is 2. The van der Waals surface area contributed by atoms with E-state index >= 15 is 0 Å². The molecule has 2 heterocycles. The molecule has 12 heteroatoms. The van der Waals surface area contributed by atoms with Crippen LogP contribution in [0, 0.1) is 0 Å². The quantitative estimate of drug-likeness (QED) is 0.154. The van der Waals surface area contributed by atoms with Crippen LogP contribution >= 0.6 is 0 Å². The van der Waals surface area contributed by atoms with Crippen LogP contribution in [0.5, 0.6) is 5.75 Å². The second-order valence-corrected chi connectivity index (χ2v) is 14.6. The fourth-order valence-electron chi connectivity index (χ4n) is 4.62. The average Bonchev–Trinajstić information content (AvgIpc) is 3.43. The molecule has 43 heavy (non-hydrogen) atoms. The van der Waals surface area contributed by atoms with Gasteiger partial charge in [0.25, 0.3) is 5.52 Å². The summed E-state index contributed by atoms with van der Waals surface area (Å²) in [6.07, 6.45) is 9.52. The lowest BCUT2D eigenvalue weighted by Crippen LogP contribution is -2.39. The minimum atomic E-state index is -4.63. The molecule has 0 atom stereocenters. The van der Waals surface area contributed by atoms with Crippen LogP contribution in [-0.2, 0) is 36.9 Å². The zero-order chi connectivity index (χ0) is 31.8. The van der Waals surface area contributed by atoms with Crippen molar-refractivity contribution >= 4 is 43.1 Å². The maximum atomic E-state index is 11.7. The Labute approximate surface area is 253 Å². The van der Waals surface area contributed by atoms with Crippen molar-refractivity contribution in [3.05, 3.63) is 83.6 Å². The molecule has 0 aliphatic carbocycles. The number of allylic oxidation sites excluding steroid dienone is 4. The molecule has 4 rings (SSSR count). The molecule has 0 bridgehead atoms. The first-order valence-corrected chi connectivity index (χ1v) is 17.1. The number of fused-ring (bicyclic) bond motifs is 2. The monoisotopic (exact) mass is 629 g/mol. The van der Waals surface area contributed by atoms with E-state index in [1.54, 1.807) is 30.4 Å². The minimum Gasteiger partial charge on any atom is -0.747 e. The highest BCUT2D eigenvalue weighted by Gasteiger charge is 2.30. The summed E-state index contributed by atoms with van der Waals surface area (Å²) in [5.74, 6) is -0.848. The SMILES string of the molecule is CCC(C)(C)c1ccc2c(c1)N(CS(=O)(=O)[O-])C(=CC=CC=Cc1oc3ccc(C(C)(C)CC)cc3[n+]1CS(=O)(=O)[O-])O2. The summed E-state index contributed by atoms with van der Waals surface area (Å²) in [5.41, 5.74) is 3.04. The summed E-state index contributed by atoms with van der Waals surface area (Å²) in [6.45, 7) is 12.4. The number of oxazole rings is 1. The second kappa shape index (κ2) is 11.9.